The minimum absolute atomic E-state index is 0.0972. The first kappa shape index (κ1) is 22.7. The fourth-order valence-corrected chi connectivity index (χ4v) is 5.74. The molecule has 1 amide bonds. The van der Waals surface area contributed by atoms with Crippen molar-refractivity contribution in [3.05, 3.63) is 58.8 Å². The number of nitrogens with zero attached hydrogens (tertiary/aromatic N) is 2. The minimum Gasteiger partial charge on any atom is -0.508 e. The highest BCUT2D eigenvalue weighted by atomic mass is 16.4. The number of phenols is 1. The summed E-state index contributed by atoms with van der Waals surface area (Å²) in [4.78, 5) is 46.2. The number of aromatic hydroxyl groups is 1. The lowest BCUT2D eigenvalue weighted by molar-refractivity contribution is -0.160. The van der Waals surface area contributed by atoms with Crippen LogP contribution in [0.25, 0.3) is 17.0 Å². The van der Waals surface area contributed by atoms with Crippen LogP contribution in [0.4, 0.5) is 0 Å². The number of ketones is 2. The molecule has 5 rings (SSSR count). The number of primary amides is 1. The highest BCUT2D eigenvalue weighted by Gasteiger charge is 2.65. The Morgan fingerprint density at radius 2 is 1.89 bits per heavy atom. The molecule has 11 nitrogen and oxygen atoms in total. The summed E-state index contributed by atoms with van der Waals surface area (Å²) < 4.78 is 0. The molecular formula is C24H21N3O8. The van der Waals surface area contributed by atoms with Gasteiger partial charge in [-0.1, -0.05) is 6.92 Å². The van der Waals surface area contributed by atoms with Gasteiger partial charge in [0.05, 0.1) is 23.6 Å². The van der Waals surface area contributed by atoms with Crippen molar-refractivity contribution in [2.75, 3.05) is 0 Å². The first-order valence-corrected chi connectivity index (χ1v) is 10.8. The molecule has 0 radical (unpaired) electrons. The van der Waals surface area contributed by atoms with Gasteiger partial charge in [0.1, 0.15) is 22.8 Å². The first-order valence-electron chi connectivity index (χ1n) is 10.8. The average molecular weight is 479 g/mol. The number of benzene rings is 1. The Hall–Kier alpha value is -4.09. The quantitative estimate of drug-likeness (QED) is 0.327. The Morgan fingerprint density at radius 1 is 1.17 bits per heavy atom. The van der Waals surface area contributed by atoms with Crippen molar-refractivity contribution >= 4 is 23.2 Å². The van der Waals surface area contributed by atoms with Crippen LogP contribution in [0.3, 0.4) is 0 Å². The number of aromatic nitrogens is 2. The number of aliphatic hydroxyl groups excluding tert-OH is 3. The van der Waals surface area contributed by atoms with Crippen LogP contribution in [-0.2, 0) is 14.4 Å². The summed E-state index contributed by atoms with van der Waals surface area (Å²) in [6.45, 7) is 1.66. The molecule has 0 spiro atoms. The molecule has 1 heterocycles. The van der Waals surface area contributed by atoms with Crippen LogP contribution in [0.15, 0.2) is 47.6 Å². The topological polar surface area (TPSA) is 204 Å². The fourth-order valence-electron chi connectivity index (χ4n) is 5.74. The fraction of sp³-hybridized carbons (Fsp3) is 0.292. The number of carbonyl (C=O) groups is 3. The number of nitrogens with two attached hydrogens (primary N) is 1. The maximum absolute atomic E-state index is 13.6. The van der Waals surface area contributed by atoms with E-state index in [0.29, 0.717) is 16.8 Å². The van der Waals surface area contributed by atoms with Crippen molar-refractivity contribution in [2.24, 2.45) is 17.6 Å². The molecule has 0 aliphatic heterocycles. The average Bonchev–Trinajstić information content (AvgIpc) is 2.82. The molecule has 0 saturated heterocycles. The predicted molar refractivity (Wildman–Crippen MR) is 119 cm³/mol. The second kappa shape index (κ2) is 7.45. The maximum Gasteiger partial charge on any atom is 0.255 e. The zero-order chi connectivity index (χ0) is 25.4. The van der Waals surface area contributed by atoms with E-state index in [4.69, 9.17) is 5.73 Å². The third kappa shape index (κ3) is 2.82. The molecule has 3 aliphatic carbocycles. The SMILES string of the molecule is C[C@H]1c2c(-c3cnccn3)ccc(O)c2C(O)=C2C(=O)[C@]3(O)C(O)=C(C(N)=O)C(=O)C[C@@H]3[C@@H](O)[C@@H]21. The maximum atomic E-state index is 13.6. The van der Waals surface area contributed by atoms with Gasteiger partial charge in [-0.3, -0.25) is 24.4 Å². The van der Waals surface area contributed by atoms with Crippen LogP contribution in [0.2, 0.25) is 0 Å². The largest absolute Gasteiger partial charge is 0.508 e. The van der Waals surface area contributed by atoms with Gasteiger partial charge in [-0.15, -0.1) is 0 Å². The summed E-state index contributed by atoms with van der Waals surface area (Å²) in [5.74, 6) is -9.12. The number of amides is 1. The van der Waals surface area contributed by atoms with Crippen molar-refractivity contribution in [3.8, 4) is 17.0 Å². The van der Waals surface area contributed by atoms with E-state index in [1.54, 1.807) is 13.0 Å². The Labute approximate surface area is 197 Å². The van der Waals surface area contributed by atoms with E-state index in [-0.39, 0.29) is 11.3 Å². The molecule has 1 saturated carbocycles. The molecular weight excluding hydrogens is 458 g/mol. The van der Waals surface area contributed by atoms with E-state index in [9.17, 15) is 39.9 Å². The van der Waals surface area contributed by atoms with Crippen molar-refractivity contribution in [1.82, 2.24) is 9.97 Å². The van der Waals surface area contributed by atoms with Gasteiger partial charge in [0, 0.05) is 41.8 Å². The summed E-state index contributed by atoms with van der Waals surface area (Å²) in [5, 5.41) is 55.1. The summed E-state index contributed by atoms with van der Waals surface area (Å²) >= 11 is 0. The van der Waals surface area contributed by atoms with Crippen LogP contribution in [-0.4, -0.2) is 64.7 Å². The lowest BCUT2D eigenvalue weighted by atomic mass is 9.55. The number of rotatable bonds is 2. The van der Waals surface area contributed by atoms with Crippen LogP contribution in [0.5, 0.6) is 5.75 Å². The molecule has 35 heavy (non-hydrogen) atoms. The van der Waals surface area contributed by atoms with Gasteiger partial charge in [-0.05, 0) is 23.6 Å². The Balaban J connectivity index is 1.80. The van der Waals surface area contributed by atoms with Crippen LogP contribution < -0.4 is 5.73 Å². The third-order valence-electron chi connectivity index (χ3n) is 7.32. The summed E-state index contributed by atoms with van der Waals surface area (Å²) in [5.41, 5.74) is 2.13. The molecule has 11 heteroatoms. The van der Waals surface area contributed by atoms with Gasteiger partial charge in [0.15, 0.2) is 11.4 Å². The molecule has 1 aromatic carbocycles. The van der Waals surface area contributed by atoms with Crippen LogP contribution in [0, 0.1) is 11.8 Å². The van der Waals surface area contributed by atoms with Gasteiger partial charge < -0.3 is 31.3 Å². The zero-order valence-electron chi connectivity index (χ0n) is 18.3. The molecule has 180 valence electrons. The molecule has 1 fully saturated rings. The second-order valence-electron chi connectivity index (χ2n) is 9.00. The minimum atomic E-state index is -2.87. The third-order valence-corrected chi connectivity index (χ3v) is 7.32. The monoisotopic (exact) mass is 479 g/mol. The van der Waals surface area contributed by atoms with Crippen molar-refractivity contribution in [2.45, 2.75) is 31.0 Å². The highest BCUT2D eigenvalue weighted by molar-refractivity contribution is 6.23. The highest BCUT2D eigenvalue weighted by Crippen LogP contribution is 2.56. The molecule has 3 aliphatic rings. The predicted octanol–water partition coefficient (Wildman–Crippen LogP) is 0.413. The lowest BCUT2D eigenvalue weighted by Crippen LogP contribution is -2.63. The van der Waals surface area contributed by atoms with Crippen molar-refractivity contribution in [3.63, 3.8) is 0 Å². The number of carbonyl (C=O) groups excluding carboxylic acids is 3. The molecule has 1 aromatic heterocycles. The van der Waals surface area contributed by atoms with E-state index in [2.05, 4.69) is 9.97 Å². The standard InChI is InChI=1S/C24H21N3O8/c1-8-14-9(11-7-26-4-5-27-11)2-3-12(28)16(14)20(31)18-15(8)19(30)10-6-13(29)17(23(25)34)21(32)24(10,35)22(18)33/h2-5,7-8,10,15,19,28,30-32,35H,6H2,1H3,(H2,25,34)/t8-,10+,15+,19+,24+/m0/s1. The van der Waals surface area contributed by atoms with Gasteiger partial charge in [0.2, 0.25) is 5.78 Å². The number of aliphatic hydroxyl groups is 4. The lowest BCUT2D eigenvalue weighted by Gasteiger charge is -2.50. The van der Waals surface area contributed by atoms with Gasteiger partial charge >= 0.3 is 0 Å². The van der Waals surface area contributed by atoms with Crippen molar-refractivity contribution in [1.29, 1.82) is 0 Å². The Kier molecular flexibility index (Phi) is 4.83. The van der Waals surface area contributed by atoms with Crippen LogP contribution in [0.1, 0.15) is 30.4 Å². The second-order valence-corrected chi connectivity index (χ2v) is 9.00. The number of hydrogen-bond donors (Lipinski definition) is 6. The Morgan fingerprint density at radius 3 is 2.51 bits per heavy atom. The number of phenolic OH excluding ortho intramolecular Hbond substituents is 1. The summed E-state index contributed by atoms with van der Waals surface area (Å²) in [6.07, 6.45) is 2.18. The van der Waals surface area contributed by atoms with Crippen molar-refractivity contribution < 1.29 is 39.9 Å². The van der Waals surface area contributed by atoms with E-state index in [0.717, 1.165) is 0 Å². The summed E-state index contributed by atoms with van der Waals surface area (Å²) in [6, 6.07) is 2.87. The summed E-state index contributed by atoms with van der Waals surface area (Å²) in [7, 11) is 0. The molecule has 2 aromatic rings. The normalized spacial score (nSPS) is 30.0. The molecule has 5 atom stereocenters. The Bertz CT molecular complexity index is 1380. The van der Waals surface area contributed by atoms with E-state index in [1.807, 2.05) is 0 Å². The molecule has 0 unspecified atom stereocenters. The van der Waals surface area contributed by atoms with E-state index >= 15 is 0 Å². The first-order chi connectivity index (χ1) is 16.5. The zero-order valence-corrected chi connectivity index (χ0v) is 18.3. The molecule has 0 bridgehead atoms. The van der Waals surface area contributed by atoms with Crippen LogP contribution >= 0.6 is 0 Å². The molecule has 7 N–H and O–H groups in total. The number of hydrogen-bond acceptors (Lipinski definition) is 10. The van der Waals surface area contributed by atoms with Gasteiger partial charge in [-0.25, -0.2) is 0 Å². The van der Waals surface area contributed by atoms with Gasteiger partial charge in [-0.2, -0.15) is 0 Å². The number of Topliss-reactive ketones (excluding diaryl/α,β-unsaturated/α-hetero) is 2. The van der Waals surface area contributed by atoms with Gasteiger partial charge in [0.25, 0.3) is 5.91 Å². The number of fused-ring (bicyclic) bond motifs is 3. The van der Waals surface area contributed by atoms with E-state index in [1.165, 1.54) is 24.7 Å². The smallest absolute Gasteiger partial charge is 0.255 e. The van der Waals surface area contributed by atoms with E-state index < -0.39 is 76.0 Å².